The van der Waals surface area contributed by atoms with Crippen molar-refractivity contribution in [3.8, 4) is 0 Å². The van der Waals surface area contributed by atoms with Gasteiger partial charge in [0.25, 0.3) is 0 Å². The van der Waals surface area contributed by atoms with Crippen molar-refractivity contribution in [2.45, 2.75) is 46.3 Å². The van der Waals surface area contributed by atoms with Gasteiger partial charge in [0.15, 0.2) is 5.96 Å². The summed E-state index contributed by atoms with van der Waals surface area (Å²) in [4.78, 5) is 18.8. The zero-order chi connectivity index (χ0) is 21.8. The quantitative estimate of drug-likeness (QED) is 0.193. The Bertz CT molecular complexity index is 673. The lowest BCUT2D eigenvalue weighted by molar-refractivity contribution is 0.0527. The third-order valence-corrected chi connectivity index (χ3v) is 5.33. The first kappa shape index (κ1) is 27.7. The van der Waals surface area contributed by atoms with Gasteiger partial charge in [-0.1, -0.05) is 12.1 Å². The maximum absolute atomic E-state index is 11.6. The van der Waals surface area contributed by atoms with Crippen LogP contribution in [0.5, 0.6) is 0 Å². The van der Waals surface area contributed by atoms with E-state index in [1.54, 1.807) is 0 Å². The normalized spacial score (nSPS) is 14.5. The molecular weight excluding hydrogens is 525 g/mol. The number of aliphatic imine (C=N–C) groups is 1. The highest BCUT2D eigenvalue weighted by atomic mass is 127. The van der Waals surface area contributed by atoms with Gasteiger partial charge in [-0.3, -0.25) is 0 Å². The van der Waals surface area contributed by atoms with Gasteiger partial charge in [0.05, 0.1) is 6.54 Å². The van der Waals surface area contributed by atoms with E-state index in [4.69, 9.17) is 4.74 Å². The average Bonchev–Trinajstić information content (AvgIpc) is 2.71. The fourth-order valence-corrected chi connectivity index (χ4v) is 3.85. The Labute approximate surface area is 208 Å². The molecule has 1 aromatic carbocycles. The van der Waals surface area contributed by atoms with Crippen molar-refractivity contribution < 1.29 is 9.53 Å². The Morgan fingerprint density at radius 1 is 1.10 bits per heavy atom. The SMILES string of the molecule is CCNC(=NCc1ccc(N2CCSCC2)cc1)NCCCNC(=O)OC(C)(C)C.I. The van der Waals surface area contributed by atoms with Crippen LogP contribution in [0.15, 0.2) is 29.3 Å². The number of hydrogen-bond donors (Lipinski definition) is 3. The van der Waals surface area contributed by atoms with E-state index in [0.29, 0.717) is 19.6 Å². The van der Waals surface area contributed by atoms with Crippen molar-refractivity contribution in [1.29, 1.82) is 0 Å². The highest BCUT2D eigenvalue weighted by Crippen LogP contribution is 2.20. The Morgan fingerprint density at radius 3 is 2.35 bits per heavy atom. The number of ether oxygens (including phenoxy) is 1. The highest BCUT2D eigenvalue weighted by Gasteiger charge is 2.15. The van der Waals surface area contributed by atoms with Crippen molar-refractivity contribution in [3.05, 3.63) is 29.8 Å². The number of carbonyl (C=O) groups is 1. The molecule has 1 aromatic rings. The van der Waals surface area contributed by atoms with E-state index < -0.39 is 5.60 Å². The minimum atomic E-state index is -0.474. The van der Waals surface area contributed by atoms with Crippen LogP contribution in [0.2, 0.25) is 0 Å². The lowest BCUT2D eigenvalue weighted by Gasteiger charge is -2.28. The number of alkyl carbamates (subject to hydrolysis) is 1. The summed E-state index contributed by atoms with van der Waals surface area (Å²) < 4.78 is 5.23. The second kappa shape index (κ2) is 14.7. The van der Waals surface area contributed by atoms with Gasteiger partial charge in [-0.05, 0) is 51.8 Å². The van der Waals surface area contributed by atoms with Crippen LogP contribution in [-0.4, -0.2) is 61.9 Å². The third-order valence-electron chi connectivity index (χ3n) is 4.39. The Hall–Kier alpha value is -1.36. The van der Waals surface area contributed by atoms with E-state index in [1.807, 2.05) is 39.5 Å². The minimum absolute atomic E-state index is 0. The van der Waals surface area contributed by atoms with Crippen LogP contribution in [0.1, 0.15) is 39.7 Å². The van der Waals surface area contributed by atoms with E-state index in [9.17, 15) is 4.79 Å². The molecule has 176 valence electrons. The largest absolute Gasteiger partial charge is 0.444 e. The molecule has 0 bridgehead atoms. The lowest BCUT2D eigenvalue weighted by Crippen LogP contribution is -2.39. The molecule has 1 aliphatic heterocycles. The minimum Gasteiger partial charge on any atom is -0.444 e. The second-order valence-corrected chi connectivity index (χ2v) is 9.39. The smallest absolute Gasteiger partial charge is 0.407 e. The standard InChI is InChI=1S/C22H37N5O2S.HI/c1-5-23-20(24-11-6-12-25-21(28)29-22(2,3)4)26-17-18-7-9-19(10-8-18)27-13-15-30-16-14-27;/h7-10H,5-6,11-17H2,1-4H3,(H,25,28)(H2,23,24,26);1H. The van der Waals surface area contributed by atoms with Crippen molar-refractivity contribution in [2.24, 2.45) is 4.99 Å². The van der Waals surface area contributed by atoms with Crippen molar-refractivity contribution in [1.82, 2.24) is 16.0 Å². The summed E-state index contributed by atoms with van der Waals surface area (Å²) in [6.07, 6.45) is 0.404. The summed E-state index contributed by atoms with van der Waals surface area (Å²) in [5, 5.41) is 9.34. The molecule has 1 saturated heterocycles. The molecule has 0 spiro atoms. The van der Waals surface area contributed by atoms with Crippen LogP contribution in [0.3, 0.4) is 0 Å². The van der Waals surface area contributed by atoms with Crippen LogP contribution in [0.25, 0.3) is 0 Å². The van der Waals surface area contributed by atoms with Gasteiger partial charge in [0.1, 0.15) is 5.60 Å². The van der Waals surface area contributed by atoms with E-state index >= 15 is 0 Å². The molecule has 0 saturated carbocycles. The first-order chi connectivity index (χ1) is 14.4. The molecule has 0 aliphatic carbocycles. The van der Waals surface area contributed by atoms with Crippen LogP contribution in [-0.2, 0) is 11.3 Å². The number of amides is 1. The van der Waals surface area contributed by atoms with Gasteiger partial charge >= 0.3 is 6.09 Å². The molecule has 1 heterocycles. The number of benzene rings is 1. The first-order valence-corrected chi connectivity index (χ1v) is 11.9. The number of carbonyl (C=O) groups excluding carboxylic acids is 1. The molecular formula is C22H38IN5O2S. The molecule has 9 heteroatoms. The van der Waals surface area contributed by atoms with Gasteiger partial charge in [-0.15, -0.1) is 24.0 Å². The van der Waals surface area contributed by atoms with Gasteiger partial charge < -0.3 is 25.6 Å². The number of hydrogen-bond acceptors (Lipinski definition) is 5. The second-order valence-electron chi connectivity index (χ2n) is 8.17. The van der Waals surface area contributed by atoms with E-state index in [-0.39, 0.29) is 30.1 Å². The van der Waals surface area contributed by atoms with E-state index in [1.165, 1.54) is 22.8 Å². The summed E-state index contributed by atoms with van der Waals surface area (Å²) in [5.74, 6) is 3.19. The monoisotopic (exact) mass is 563 g/mol. The molecule has 0 aromatic heterocycles. The molecule has 0 unspecified atom stereocenters. The molecule has 0 atom stereocenters. The molecule has 7 nitrogen and oxygen atoms in total. The number of rotatable bonds is 8. The molecule has 2 rings (SSSR count). The number of anilines is 1. The topological polar surface area (TPSA) is 78.0 Å². The summed E-state index contributed by atoms with van der Waals surface area (Å²) in [6, 6.07) is 8.72. The lowest BCUT2D eigenvalue weighted by atomic mass is 10.2. The molecule has 3 N–H and O–H groups in total. The van der Waals surface area contributed by atoms with Crippen LogP contribution < -0.4 is 20.9 Å². The van der Waals surface area contributed by atoms with Gasteiger partial charge in [-0.25, -0.2) is 9.79 Å². The van der Waals surface area contributed by atoms with Crippen molar-refractivity contribution >= 4 is 53.5 Å². The predicted molar refractivity (Wildman–Crippen MR) is 143 cm³/mol. The summed E-state index contributed by atoms with van der Waals surface area (Å²) in [5.41, 5.74) is 2.01. The molecule has 0 radical (unpaired) electrons. The summed E-state index contributed by atoms with van der Waals surface area (Å²) >= 11 is 2.02. The Balaban J connectivity index is 0.00000480. The maximum atomic E-state index is 11.6. The maximum Gasteiger partial charge on any atom is 0.407 e. The number of nitrogens with one attached hydrogen (secondary N) is 3. The predicted octanol–water partition coefficient (Wildman–Crippen LogP) is 3.83. The zero-order valence-corrected chi connectivity index (χ0v) is 22.3. The van der Waals surface area contributed by atoms with Crippen LogP contribution >= 0.6 is 35.7 Å². The van der Waals surface area contributed by atoms with E-state index in [2.05, 4.69) is 50.1 Å². The Morgan fingerprint density at radius 2 is 1.74 bits per heavy atom. The summed E-state index contributed by atoms with van der Waals surface area (Å²) in [7, 11) is 0. The molecule has 1 fully saturated rings. The number of nitrogens with zero attached hydrogens (tertiary/aromatic N) is 2. The van der Waals surface area contributed by atoms with Crippen LogP contribution in [0, 0.1) is 0 Å². The third kappa shape index (κ3) is 11.7. The zero-order valence-electron chi connectivity index (χ0n) is 19.2. The highest BCUT2D eigenvalue weighted by molar-refractivity contribution is 14.0. The van der Waals surface area contributed by atoms with Crippen molar-refractivity contribution in [2.75, 3.05) is 49.1 Å². The number of halogens is 1. The molecule has 1 aliphatic rings. The molecule has 31 heavy (non-hydrogen) atoms. The number of thioether (sulfide) groups is 1. The Kier molecular flexibility index (Phi) is 13.1. The molecule has 1 amide bonds. The summed E-state index contributed by atoms with van der Waals surface area (Å²) in [6.45, 7) is 12.6. The van der Waals surface area contributed by atoms with Crippen molar-refractivity contribution in [3.63, 3.8) is 0 Å². The fraction of sp³-hybridized carbons (Fsp3) is 0.636. The average molecular weight is 564 g/mol. The van der Waals surface area contributed by atoms with Crippen LogP contribution in [0.4, 0.5) is 10.5 Å². The first-order valence-electron chi connectivity index (χ1n) is 10.8. The van der Waals surface area contributed by atoms with Gasteiger partial charge in [0, 0.05) is 49.9 Å². The van der Waals surface area contributed by atoms with Gasteiger partial charge in [-0.2, -0.15) is 11.8 Å². The number of guanidine groups is 1. The van der Waals surface area contributed by atoms with E-state index in [0.717, 1.165) is 32.0 Å². The van der Waals surface area contributed by atoms with Gasteiger partial charge in [0.2, 0.25) is 0 Å². The fourth-order valence-electron chi connectivity index (χ4n) is 2.95.